The smallest absolute Gasteiger partial charge is 0.339 e. The summed E-state index contributed by atoms with van der Waals surface area (Å²) >= 11 is 1.53. The normalized spacial score (nSPS) is 13.1. The minimum atomic E-state index is -0.513. The molecule has 1 aliphatic rings. The highest BCUT2D eigenvalue weighted by atomic mass is 32.1. The van der Waals surface area contributed by atoms with E-state index in [2.05, 4.69) is 11.1 Å². The van der Waals surface area contributed by atoms with E-state index in [-0.39, 0.29) is 12.5 Å². The van der Waals surface area contributed by atoms with Gasteiger partial charge in [-0.25, -0.2) is 9.78 Å². The van der Waals surface area contributed by atoms with Crippen molar-refractivity contribution < 1.29 is 14.3 Å². The topological polar surface area (TPSA) is 59.5 Å². The molecule has 0 spiro atoms. The van der Waals surface area contributed by atoms with Crippen LogP contribution in [-0.4, -0.2) is 34.9 Å². The van der Waals surface area contributed by atoms with Crippen LogP contribution >= 0.6 is 11.3 Å². The summed E-state index contributed by atoms with van der Waals surface area (Å²) in [4.78, 5) is 31.9. The Hall–Kier alpha value is -3.51. The molecule has 0 N–H and O–H groups in total. The minimum absolute atomic E-state index is 0.180. The molecule has 1 aliphatic heterocycles. The molecule has 1 amide bonds. The average Bonchev–Trinajstić information content (AvgIpc) is 3.26. The molecule has 3 aromatic carbocycles. The molecule has 0 fully saturated rings. The molecular weight excluding hydrogens is 408 g/mol. The molecule has 0 atom stereocenters. The number of esters is 1. The summed E-state index contributed by atoms with van der Waals surface area (Å²) in [5.41, 5.74) is 4.44. The van der Waals surface area contributed by atoms with E-state index in [1.165, 1.54) is 16.9 Å². The van der Waals surface area contributed by atoms with Crippen LogP contribution in [0.1, 0.15) is 21.5 Å². The molecule has 2 heterocycles. The Morgan fingerprint density at radius 2 is 1.68 bits per heavy atom. The van der Waals surface area contributed by atoms with Gasteiger partial charge in [-0.3, -0.25) is 4.79 Å². The second-order valence-electron chi connectivity index (χ2n) is 7.44. The Labute approximate surface area is 183 Å². The largest absolute Gasteiger partial charge is 0.452 e. The standard InChI is InChI=1S/C25H20N2O3S/c28-23(27-14-13-17-7-1-2-8-18(17)15-27)16-30-25(29)20-10-4-3-9-19(20)24-26-21-11-5-6-12-22(21)31-24/h1-12H,13-16H2. The summed E-state index contributed by atoms with van der Waals surface area (Å²) < 4.78 is 6.47. The van der Waals surface area contributed by atoms with Crippen molar-refractivity contribution >= 4 is 33.4 Å². The number of aromatic nitrogens is 1. The fourth-order valence-corrected chi connectivity index (χ4v) is 4.85. The number of nitrogens with zero attached hydrogens (tertiary/aromatic N) is 2. The van der Waals surface area contributed by atoms with Crippen molar-refractivity contribution in [1.82, 2.24) is 9.88 Å². The Kier molecular flexibility index (Phi) is 5.22. The lowest BCUT2D eigenvalue weighted by Gasteiger charge is -2.28. The van der Waals surface area contributed by atoms with Gasteiger partial charge >= 0.3 is 5.97 Å². The quantitative estimate of drug-likeness (QED) is 0.442. The van der Waals surface area contributed by atoms with Crippen LogP contribution in [0.5, 0.6) is 0 Å². The second kappa shape index (κ2) is 8.32. The van der Waals surface area contributed by atoms with Gasteiger partial charge in [-0.05, 0) is 35.7 Å². The number of amides is 1. The lowest BCUT2D eigenvalue weighted by atomic mass is 10.00. The highest BCUT2D eigenvalue weighted by Crippen LogP contribution is 2.32. The van der Waals surface area contributed by atoms with Crippen LogP contribution in [0.2, 0.25) is 0 Å². The molecule has 0 bridgehead atoms. The molecule has 5 nitrogen and oxygen atoms in total. The van der Waals surface area contributed by atoms with E-state index in [0.29, 0.717) is 24.2 Å². The van der Waals surface area contributed by atoms with E-state index >= 15 is 0 Å². The van der Waals surface area contributed by atoms with Crippen LogP contribution in [0.4, 0.5) is 0 Å². The monoisotopic (exact) mass is 428 g/mol. The van der Waals surface area contributed by atoms with Gasteiger partial charge in [0.05, 0.1) is 15.8 Å². The van der Waals surface area contributed by atoms with Crippen LogP contribution < -0.4 is 0 Å². The number of ether oxygens (including phenoxy) is 1. The lowest BCUT2D eigenvalue weighted by molar-refractivity contribution is -0.135. The highest BCUT2D eigenvalue weighted by molar-refractivity contribution is 7.21. The number of fused-ring (bicyclic) bond motifs is 2. The molecule has 0 radical (unpaired) electrons. The maximum atomic E-state index is 12.8. The van der Waals surface area contributed by atoms with Gasteiger partial charge in [-0.2, -0.15) is 0 Å². The molecule has 0 aliphatic carbocycles. The van der Waals surface area contributed by atoms with Gasteiger partial charge in [0.1, 0.15) is 5.01 Å². The van der Waals surface area contributed by atoms with Crippen molar-refractivity contribution in [2.45, 2.75) is 13.0 Å². The third-order valence-corrected chi connectivity index (χ3v) is 6.55. The van der Waals surface area contributed by atoms with Crippen molar-refractivity contribution in [1.29, 1.82) is 0 Å². The Bertz CT molecular complexity index is 1250. The summed E-state index contributed by atoms with van der Waals surface area (Å²) in [7, 11) is 0. The van der Waals surface area contributed by atoms with Crippen molar-refractivity contribution in [3.8, 4) is 10.6 Å². The van der Waals surface area contributed by atoms with Crippen LogP contribution in [-0.2, 0) is 22.5 Å². The van der Waals surface area contributed by atoms with E-state index in [9.17, 15) is 9.59 Å². The fourth-order valence-electron chi connectivity index (χ4n) is 3.84. The molecule has 6 heteroatoms. The van der Waals surface area contributed by atoms with Crippen LogP contribution in [0.25, 0.3) is 20.8 Å². The first-order chi connectivity index (χ1) is 15.2. The zero-order valence-corrected chi connectivity index (χ0v) is 17.6. The number of hydrogen-bond donors (Lipinski definition) is 0. The average molecular weight is 429 g/mol. The number of carbonyl (C=O) groups is 2. The summed E-state index contributed by atoms with van der Waals surface area (Å²) in [6.07, 6.45) is 0.816. The van der Waals surface area contributed by atoms with Crippen LogP contribution in [0.15, 0.2) is 72.8 Å². The summed E-state index contributed by atoms with van der Waals surface area (Å²) in [5.74, 6) is -0.694. The van der Waals surface area contributed by atoms with Gasteiger partial charge in [0.2, 0.25) is 0 Å². The molecule has 1 aromatic heterocycles. The molecule has 31 heavy (non-hydrogen) atoms. The van der Waals surface area contributed by atoms with E-state index < -0.39 is 5.97 Å². The predicted octanol–water partition coefficient (Wildman–Crippen LogP) is 4.71. The van der Waals surface area contributed by atoms with Gasteiger partial charge in [0.15, 0.2) is 6.61 Å². The summed E-state index contributed by atoms with van der Waals surface area (Å²) in [5, 5.41) is 0.757. The summed E-state index contributed by atoms with van der Waals surface area (Å²) in [6, 6.07) is 23.2. The molecule has 154 valence electrons. The SMILES string of the molecule is O=C(OCC(=O)N1CCc2ccccc2C1)c1ccccc1-c1nc2ccccc2s1. The Morgan fingerprint density at radius 1 is 0.935 bits per heavy atom. The highest BCUT2D eigenvalue weighted by Gasteiger charge is 2.23. The van der Waals surface area contributed by atoms with Crippen molar-refractivity contribution in [3.63, 3.8) is 0 Å². The molecule has 5 rings (SSSR count). The van der Waals surface area contributed by atoms with Gasteiger partial charge < -0.3 is 9.64 Å². The molecular formula is C25H20N2O3S. The number of carbonyl (C=O) groups excluding carboxylic acids is 2. The van der Waals surface area contributed by atoms with Gasteiger partial charge in [-0.15, -0.1) is 11.3 Å². The molecule has 0 saturated heterocycles. The Morgan fingerprint density at radius 3 is 2.55 bits per heavy atom. The number of rotatable bonds is 4. The van der Waals surface area contributed by atoms with E-state index in [1.807, 2.05) is 54.6 Å². The first-order valence-corrected chi connectivity index (χ1v) is 11.0. The molecule has 4 aromatic rings. The minimum Gasteiger partial charge on any atom is -0.452 e. The predicted molar refractivity (Wildman–Crippen MR) is 121 cm³/mol. The lowest BCUT2D eigenvalue weighted by Crippen LogP contribution is -2.38. The maximum absolute atomic E-state index is 12.8. The molecule has 0 saturated carbocycles. The third kappa shape index (κ3) is 3.94. The molecule has 0 unspecified atom stereocenters. The van der Waals surface area contributed by atoms with Gasteiger partial charge in [-0.1, -0.05) is 54.6 Å². The van der Waals surface area contributed by atoms with E-state index in [0.717, 1.165) is 27.2 Å². The van der Waals surface area contributed by atoms with Crippen molar-refractivity contribution in [3.05, 3.63) is 89.5 Å². The zero-order chi connectivity index (χ0) is 21.2. The van der Waals surface area contributed by atoms with E-state index in [1.54, 1.807) is 17.0 Å². The number of thiazole rings is 1. The van der Waals surface area contributed by atoms with E-state index in [4.69, 9.17) is 4.74 Å². The zero-order valence-electron chi connectivity index (χ0n) is 16.8. The second-order valence-corrected chi connectivity index (χ2v) is 8.47. The first kappa shape index (κ1) is 19.5. The number of hydrogen-bond acceptors (Lipinski definition) is 5. The summed E-state index contributed by atoms with van der Waals surface area (Å²) in [6.45, 7) is 0.916. The van der Waals surface area contributed by atoms with Crippen LogP contribution in [0.3, 0.4) is 0 Å². The first-order valence-electron chi connectivity index (χ1n) is 10.2. The van der Waals surface area contributed by atoms with Crippen LogP contribution in [0, 0.1) is 0 Å². The van der Waals surface area contributed by atoms with Crippen molar-refractivity contribution in [2.24, 2.45) is 0 Å². The maximum Gasteiger partial charge on any atom is 0.339 e. The number of benzene rings is 3. The van der Waals surface area contributed by atoms with Crippen molar-refractivity contribution in [2.75, 3.05) is 13.2 Å². The number of para-hydroxylation sites is 1. The van der Waals surface area contributed by atoms with Gasteiger partial charge in [0, 0.05) is 18.7 Å². The van der Waals surface area contributed by atoms with Gasteiger partial charge in [0.25, 0.3) is 5.91 Å². The third-order valence-electron chi connectivity index (χ3n) is 5.48. The Balaban J connectivity index is 1.30. The fraction of sp³-hybridized carbons (Fsp3) is 0.160.